The fourth-order valence-electron chi connectivity index (χ4n) is 2.66. The van der Waals surface area contributed by atoms with Crippen molar-refractivity contribution >= 4 is 5.91 Å². The van der Waals surface area contributed by atoms with Crippen LogP contribution in [0.4, 0.5) is 0 Å². The van der Waals surface area contributed by atoms with Gasteiger partial charge in [-0.1, -0.05) is 0 Å². The Morgan fingerprint density at radius 1 is 1.19 bits per heavy atom. The van der Waals surface area contributed by atoms with Crippen molar-refractivity contribution in [1.82, 2.24) is 9.99 Å². The highest BCUT2D eigenvalue weighted by atomic mass is 16.1. The van der Waals surface area contributed by atoms with Crippen LogP contribution < -0.4 is 10.3 Å². The van der Waals surface area contributed by atoms with E-state index in [2.05, 4.69) is 15.0 Å². The Morgan fingerprint density at radius 2 is 2.00 bits per heavy atom. The lowest BCUT2D eigenvalue weighted by Crippen LogP contribution is -2.41. The molecule has 1 N–H and O–H groups in total. The van der Waals surface area contributed by atoms with Gasteiger partial charge in [-0.15, -0.1) is 0 Å². The average Bonchev–Trinajstić information content (AvgIpc) is 2.75. The van der Waals surface area contributed by atoms with Crippen LogP contribution in [0.3, 0.4) is 0 Å². The van der Waals surface area contributed by atoms with Crippen LogP contribution in [0, 0.1) is 0 Å². The van der Waals surface area contributed by atoms with E-state index in [1.165, 1.54) is 25.0 Å². The molecule has 0 atom stereocenters. The van der Waals surface area contributed by atoms with Crippen LogP contribution in [0.1, 0.15) is 35.3 Å². The Kier molecular flexibility index (Phi) is 2.35. The maximum Gasteiger partial charge on any atom is 0.253 e. The third-order valence-corrected chi connectivity index (χ3v) is 3.50. The van der Waals surface area contributed by atoms with E-state index in [9.17, 15) is 4.79 Å². The molecule has 2 aliphatic rings. The van der Waals surface area contributed by atoms with Gasteiger partial charge in [-0.25, -0.2) is 0 Å². The molecule has 1 fully saturated rings. The smallest absolute Gasteiger partial charge is 0.253 e. The third-order valence-electron chi connectivity index (χ3n) is 3.50. The van der Waals surface area contributed by atoms with Gasteiger partial charge in [0.15, 0.2) is 0 Å². The number of rotatable bonds is 1. The molecule has 3 rings (SSSR count). The van der Waals surface area contributed by atoms with Crippen LogP contribution in [-0.4, -0.2) is 30.2 Å². The van der Waals surface area contributed by atoms with Gasteiger partial charge in [0, 0.05) is 32.3 Å². The lowest BCUT2D eigenvalue weighted by molar-refractivity contribution is 0.0945. The topological polar surface area (TPSA) is 37.3 Å². The molecule has 86 valence electrons. The zero-order valence-electron chi connectivity index (χ0n) is 9.41. The molecule has 4 nitrogen and oxygen atoms in total. The normalized spacial score (nSPS) is 20.5. The van der Waals surface area contributed by atoms with E-state index in [-0.39, 0.29) is 5.91 Å². The van der Waals surface area contributed by atoms with Crippen molar-refractivity contribution in [3.63, 3.8) is 0 Å². The summed E-state index contributed by atoms with van der Waals surface area (Å²) in [5, 5.41) is 5.25. The second kappa shape index (κ2) is 3.85. The number of amides is 1. The van der Waals surface area contributed by atoms with E-state index in [0.29, 0.717) is 0 Å². The second-order valence-corrected chi connectivity index (χ2v) is 4.54. The highest BCUT2D eigenvalue weighted by Crippen LogP contribution is 2.18. The van der Waals surface area contributed by atoms with Crippen LogP contribution in [0.2, 0.25) is 0 Å². The fraction of sp³-hybridized carbons (Fsp3) is 0.583. The summed E-state index contributed by atoms with van der Waals surface area (Å²) in [5.74, 6) is 0.0806. The number of hydrogen-bond acceptors (Lipinski definition) is 2. The summed E-state index contributed by atoms with van der Waals surface area (Å²) in [4.78, 5) is 11.6. The quantitative estimate of drug-likeness (QED) is 0.762. The van der Waals surface area contributed by atoms with E-state index in [1.54, 1.807) is 0 Å². The summed E-state index contributed by atoms with van der Waals surface area (Å²) >= 11 is 0. The van der Waals surface area contributed by atoms with Crippen molar-refractivity contribution < 1.29 is 4.79 Å². The molecule has 1 saturated heterocycles. The molecular weight excluding hydrogens is 202 g/mol. The molecule has 1 amide bonds. The molecule has 0 unspecified atom stereocenters. The van der Waals surface area contributed by atoms with E-state index < -0.39 is 0 Å². The Morgan fingerprint density at radius 3 is 2.81 bits per heavy atom. The van der Waals surface area contributed by atoms with Crippen LogP contribution in [0.15, 0.2) is 12.3 Å². The first kappa shape index (κ1) is 9.75. The van der Waals surface area contributed by atoms with Gasteiger partial charge in [0.1, 0.15) is 0 Å². The number of fused-ring (bicyclic) bond motifs is 1. The van der Waals surface area contributed by atoms with E-state index in [1.807, 2.05) is 12.3 Å². The molecule has 0 saturated carbocycles. The number of carbonyl (C=O) groups excluding carboxylic acids is 1. The second-order valence-electron chi connectivity index (χ2n) is 4.54. The van der Waals surface area contributed by atoms with Crippen LogP contribution in [-0.2, 0) is 6.42 Å². The van der Waals surface area contributed by atoms with E-state index in [4.69, 9.17) is 0 Å². The number of aromatic nitrogens is 1. The number of nitrogens with one attached hydrogen (secondary N) is 1. The maximum absolute atomic E-state index is 11.6. The molecule has 2 aliphatic heterocycles. The number of nitrogens with zero attached hydrogens (tertiary/aromatic N) is 2. The van der Waals surface area contributed by atoms with Crippen molar-refractivity contribution in [2.45, 2.75) is 25.7 Å². The zero-order valence-corrected chi connectivity index (χ0v) is 9.41. The monoisotopic (exact) mass is 219 g/mol. The standard InChI is InChI=1S/C12H17N3O/c16-12-10-5-9-15(11(10)4-6-13-12)14-7-2-1-3-8-14/h5,9H,1-4,6-8H2,(H,13,16). The largest absolute Gasteiger partial charge is 0.352 e. The molecule has 1 aromatic rings. The van der Waals surface area contributed by atoms with Gasteiger partial charge in [-0.3, -0.25) is 9.47 Å². The molecule has 0 spiro atoms. The van der Waals surface area contributed by atoms with E-state index >= 15 is 0 Å². The zero-order chi connectivity index (χ0) is 11.0. The van der Waals surface area contributed by atoms with Gasteiger partial charge in [0.2, 0.25) is 0 Å². The first-order valence-electron chi connectivity index (χ1n) is 6.10. The summed E-state index contributed by atoms with van der Waals surface area (Å²) in [7, 11) is 0. The minimum absolute atomic E-state index is 0.0806. The van der Waals surface area contributed by atoms with Gasteiger partial charge < -0.3 is 10.3 Å². The minimum Gasteiger partial charge on any atom is -0.352 e. The molecule has 0 aromatic carbocycles. The molecule has 3 heterocycles. The maximum atomic E-state index is 11.6. The van der Waals surface area contributed by atoms with Crippen molar-refractivity contribution in [3.05, 3.63) is 23.5 Å². The highest BCUT2D eigenvalue weighted by Gasteiger charge is 2.22. The molecule has 0 radical (unpaired) electrons. The Hall–Kier alpha value is -1.45. The third kappa shape index (κ3) is 1.49. The molecule has 0 bridgehead atoms. The molecular formula is C12H17N3O. The van der Waals surface area contributed by atoms with Crippen molar-refractivity contribution in [2.75, 3.05) is 24.6 Å². The van der Waals surface area contributed by atoms with E-state index in [0.717, 1.165) is 31.6 Å². The summed E-state index contributed by atoms with van der Waals surface area (Å²) in [5.41, 5.74) is 2.04. The fourth-order valence-corrected chi connectivity index (χ4v) is 2.66. The lowest BCUT2D eigenvalue weighted by atomic mass is 10.1. The Bertz CT molecular complexity index is 404. The minimum atomic E-state index is 0.0806. The van der Waals surface area contributed by atoms with Crippen LogP contribution in [0.25, 0.3) is 0 Å². The highest BCUT2D eigenvalue weighted by molar-refractivity contribution is 5.96. The van der Waals surface area contributed by atoms with Crippen molar-refractivity contribution in [3.8, 4) is 0 Å². The molecule has 0 aliphatic carbocycles. The van der Waals surface area contributed by atoms with Crippen molar-refractivity contribution in [2.24, 2.45) is 0 Å². The molecule has 4 heteroatoms. The van der Waals surface area contributed by atoms with Gasteiger partial charge in [-0.2, -0.15) is 0 Å². The van der Waals surface area contributed by atoms with Gasteiger partial charge in [0.05, 0.1) is 11.3 Å². The Labute approximate surface area is 95.2 Å². The van der Waals surface area contributed by atoms with Crippen LogP contribution >= 0.6 is 0 Å². The summed E-state index contributed by atoms with van der Waals surface area (Å²) in [6, 6.07) is 1.94. The number of piperidine rings is 1. The Balaban J connectivity index is 1.92. The SMILES string of the molecule is O=C1NCCc2c1ccn2N1CCCCC1. The first-order chi connectivity index (χ1) is 7.86. The number of hydrogen-bond donors (Lipinski definition) is 1. The summed E-state index contributed by atoms with van der Waals surface area (Å²) < 4.78 is 2.20. The predicted octanol–water partition coefficient (Wildman–Crippen LogP) is 0.896. The average molecular weight is 219 g/mol. The molecule has 16 heavy (non-hydrogen) atoms. The first-order valence-corrected chi connectivity index (χ1v) is 6.10. The molecule has 1 aromatic heterocycles. The van der Waals surface area contributed by atoms with Gasteiger partial charge >= 0.3 is 0 Å². The number of carbonyl (C=O) groups is 1. The predicted molar refractivity (Wildman–Crippen MR) is 62.3 cm³/mol. The van der Waals surface area contributed by atoms with Gasteiger partial charge in [0.25, 0.3) is 5.91 Å². The summed E-state index contributed by atoms with van der Waals surface area (Å²) in [6.07, 6.45) is 6.85. The lowest BCUT2D eigenvalue weighted by Gasteiger charge is -2.32. The van der Waals surface area contributed by atoms with Crippen molar-refractivity contribution in [1.29, 1.82) is 0 Å². The summed E-state index contributed by atoms with van der Waals surface area (Å²) in [6.45, 7) is 3.00. The van der Waals surface area contributed by atoms with Gasteiger partial charge in [-0.05, 0) is 25.3 Å². The van der Waals surface area contributed by atoms with Crippen LogP contribution in [0.5, 0.6) is 0 Å².